The highest BCUT2D eigenvalue weighted by atomic mass is 127. The van der Waals surface area contributed by atoms with E-state index >= 15 is 0 Å². The van der Waals surface area contributed by atoms with Gasteiger partial charge < -0.3 is 56.4 Å². The average Bonchev–Trinajstić information content (AvgIpc) is 1.62. The highest BCUT2D eigenvalue weighted by molar-refractivity contribution is 14.1. The van der Waals surface area contributed by atoms with E-state index < -0.39 is 99.1 Å². The van der Waals surface area contributed by atoms with Gasteiger partial charge in [-0.3, -0.25) is 63.9 Å². The molecule has 2 aliphatic rings. The molecule has 0 spiro atoms. The van der Waals surface area contributed by atoms with Crippen molar-refractivity contribution in [3.63, 3.8) is 0 Å². The van der Waals surface area contributed by atoms with Gasteiger partial charge in [0, 0.05) is 79.6 Å². The number of nitrogens with zero attached hydrogens (tertiary/aromatic N) is 2. The lowest BCUT2D eigenvalue weighted by Gasteiger charge is -2.22. The number of nitrogens with two attached hydrogens (primary N) is 1. The fourth-order valence-corrected chi connectivity index (χ4v) is 12.4. The van der Waals surface area contributed by atoms with Gasteiger partial charge in [-0.15, -0.1) is 12.8 Å². The summed E-state index contributed by atoms with van der Waals surface area (Å²) in [4.78, 5) is 152. The molecule has 9 amide bonds. The number of hydrogen-bond donors (Lipinski definition) is 12. The van der Waals surface area contributed by atoms with Crippen molar-refractivity contribution in [3.05, 3.63) is 303 Å². The number of amides is 9. The molecule has 0 saturated carbocycles. The van der Waals surface area contributed by atoms with Gasteiger partial charge in [0.15, 0.2) is 0 Å². The van der Waals surface area contributed by atoms with Crippen LogP contribution >= 0.6 is 22.6 Å². The Kier molecular flexibility index (Phi) is 42.8. The van der Waals surface area contributed by atoms with Crippen LogP contribution in [0.25, 0.3) is 22.3 Å². The molecule has 0 bridgehead atoms. The van der Waals surface area contributed by atoms with Crippen LogP contribution < -0.4 is 54.2 Å². The minimum Gasteiger partial charge on any atom is -0.478 e. The third-order valence-electron chi connectivity index (χ3n) is 17.7. The van der Waals surface area contributed by atoms with E-state index in [0.29, 0.717) is 34.4 Å². The minimum atomic E-state index is -1.13. The molecule has 11 rings (SSSR count). The van der Waals surface area contributed by atoms with E-state index in [-0.39, 0.29) is 60.6 Å². The number of aromatic carboxylic acids is 1. The lowest BCUT2D eigenvalue weighted by molar-refractivity contribution is -0.385. The van der Waals surface area contributed by atoms with Gasteiger partial charge in [-0.1, -0.05) is 133 Å². The predicted octanol–water partition coefficient (Wildman–Crippen LogP) is 11.3. The number of fused-ring (bicyclic) bond motifs is 6. The van der Waals surface area contributed by atoms with Crippen molar-refractivity contribution < 1.29 is 102 Å². The van der Waals surface area contributed by atoms with E-state index in [2.05, 4.69) is 141 Å². The molecule has 0 radical (unpaired) electrons. The van der Waals surface area contributed by atoms with Crippen LogP contribution in [-0.2, 0) is 47.8 Å². The number of carbonyl (C=O) groups is 10. The summed E-state index contributed by atoms with van der Waals surface area (Å²) in [6.45, 7) is 10.1. The topological polar surface area (TPSA) is 496 Å². The Hall–Kier alpha value is -16.4. The number of hydroxylamine groups is 4. The van der Waals surface area contributed by atoms with E-state index in [1.807, 2.05) is 101 Å². The van der Waals surface area contributed by atoms with Gasteiger partial charge in [-0.05, 0) is 229 Å². The van der Waals surface area contributed by atoms with Crippen LogP contribution in [0.1, 0.15) is 129 Å². The van der Waals surface area contributed by atoms with Crippen molar-refractivity contribution in [2.24, 2.45) is 5.73 Å². The number of halogens is 1. The Morgan fingerprint density at radius 2 is 0.789 bits per heavy atom. The fraction of sp³-hybridized carbons (Fsp3) is 0.216. The van der Waals surface area contributed by atoms with Gasteiger partial charge in [-0.2, -0.15) is 5.48 Å². The molecule has 0 unspecified atom stereocenters. The van der Waals surface area contributed by atoms with Gasteiger partial charge in [0.2, 0.25) is 0 Å². The fourth-order valence-electron chi connectivity index (χ4n) is 11.9. The summed E-state index contributed by atoms with van der Waals surface area (Å²) >= 11 is 2.03. The second-order valence-electron chi connectivity index (χ2n) is 29.4. The van der Waals surface area contributed by atoms with Crippen LogP contribution in [0.2, 0.25) is 0 Å². The quantitative estimate of drug-likeness (QED) is 0.00707. The van der Waals surface area contributed by atoms with Gasteiger partial charge in [-0.25, -0.2) is 40.4 Å². The number of nitro benzene ring substituents is 2. The number of alkyl carbamates (subject to hydrolysis) is 3. The molecule has 9 aromatic carbocycles. The number of terminal acetylenes is 2. The maximum Gasteiger partial charge on any atom is 0.431 e. The first-order chi connectivity index (χ1) is 63.5. The summed E-state index contributed by atoms with van der Waals surface area (Å²) in [5.74, 6) is 21.3. The highest BCUT2D eigenvalue weighted by Gasteiger charge is 2.33. The van der Waals surface area contributed by atoms with E-state index in [9.17, 15) is 68.2 Å². The molecule has 133 heavy (non-hydrogen) atoms. The molecule has 686 valence electrons. The second-order valence-corrected chi connectivity index (χ2v) is 30.6. The number of rotatable bonds is 23. The third-order valence-corrected chi connectivity index (χ3v) is 18.4. The summed E-state index contributed by atoms with van der Waals surface area (Å²) in [7, 11) is 3.90. The van der Waals surface area contributed by atoms with Crippen LogP contribution in [0.3, 0.4) is 0 Å². The summed E-state index contributed by atoms with van der Waals surface area (Å²) in [5.41, 5.74) is 24.4. The second kappa shape index (κ2) is 54.0. The number of carboxylic acid groups (broad SMARTS) is 1. The molecule has 0 aliphatic heterocycles. The zero-order chi connectivity index (χ0) is 97.6. The lowest BCUT2D eigenvalue weighted by atomic mass is 9.98. The molecule has 0 heterocycles. The molecule has 36 heteroatoms. The van der Waals surface area contributed by atoms with Crippen molar-refractivity contribution in [3.8, 4) is 94.3 Å². The maximum atomic E-state index is 12.5. The Morgan fingerprint density at radius 1 is 0.436 bits per heavy atom. The number of nitrogens with one attached hydrogen (secondary N) is 9. The Balaban J connectivity index is 0.000000254. The molecule has 2 aliphatic carbocycles. The molecule has 35 nitrogen and oxygen atoms in total. The first kappa shape index (κ1) is 105. The summed E-state index contributed by atoms with van der Waals surface area (Å²) in [6, 6.07) is 60.3. The van der Waals surface area contributed by atoms with Crippen molar-refractivity contribution >= 4 is 93.8 Å². The van der Waals surface area contributed by atoms with Gasteiger partial charge in [0.1, 0.15) is 42.5 Å². The normalized spacial score (nSPS) is 11.3. The smallest absolute Gasteiger partial charge is 0.431 e. The van der Waals surface area contributed by atoms with Crippen molar-refractivity contribution in [1.29, 1.82) is 0 Å². The van der Waals surface area contributed by atoms with Crippen molar-refractivity contribution in [1.82, 2.24) is 48.5 Å². The first-order valence-electron chi connectivity index (χ1n) is 39.8. The lowest BCUT2D eigenvalue weighted by Crippen LogP contribution is -2.53. The number of carboxylic acids is 1. The standard InChI is InChI=1S/C24H29N3O6.C20H16N4O5.C20H23N3O5.C16H15NO3.C11H6O2.C6H4INO2/c1-24(2,3)33-22(29)25-13-20(21(28)27-31-4)26-23(30)32-14-19-17-11-7-5-9-15(17)16-10-6-8-12-18(16)19;21-13-18(20(26)23-27)22-19(25)16-10-8-14(9-11-16)4-1-2-5-15-6-3-7-17(12-15)24(28)29;1-6-7-8-14-9-11-15(12-10-14)17(24)22-16(18(25)23-27-5)13-21-19(26)28-20(2,3)4;1-19-17-16(18)20-10-15-13-8-4-2-6-11(13)12-7-3-5-9-14(12)15;1-2-3-4-9-5-7-10(8-6-9)11(12)13;7-5-2-1-3-6(4-5)8(9)10/h5-12,19-20H,13-14H2,1-4H3,(H,25,29)(H,26,30)(H,27,28);3,6-12,18,27H,13,21H2,(H,22,25)(H,23,26);1,9-12,16H,13H2,2-5H3,(H,21,26)(H,22,24)(H,23,25);2-9,15H,10H2,1H3,(H,17,18);1,5-8H,(H,12,13);1-4H/t20-;18-;16-;;;/m000.../s1. The van der Waals surface area contributed by atoms with E-state index in [1.54, 1.807) is 108 Å². The van der Waals surface area contributed by atoms with Crippen molar-refractivity contribution in [2.45, 2.75) is 82.7 Å². The highest BCUT2D eigenvalue weighted by Crippen LogP contribution is 2.46. The van der Waals surface area contributed by atoms with E-state index in [1.165, 1.54) is 97.6 Å². The summed E-state index contributed by atoms with van der Waals surface area (Å²) in [6.07, 6.45) is 7.21. The zero-order valence-corrected chi connectivity index (χ0v) is 75.3. The van der Waals surface area contributed by atoms with E-state index in [4.69, 9.17) is 47.8 Å². The molecule has 0 fully saturated rings. The molecular formula is C97H93IN12O23. The maximum absolute atomic E-state index is 12.5. The number of nitro groups is 2. The van der Waals surface area contributed by atoms with Crippen molar-refractivity contribution in [2.75, 3.05) is 54.2 Å². The van der Waals surface area contributed by atoms with Gasteiger partial charge in [0.05, 0.1) is 49.8 Å². The van der Waals surface area contributed by atoms with E-state index in [0.717, 1.165) is 25.8 Å². The largest absolute Gasteiger partial charge is 0.478 e. The minimum absolute atomic E-state index is 0.0491. The Morgan fingerprint density at radius 3 is 1.14 bits per heavy atom. The molecule has 0 saturated heterocycles. The predicted molar refractivity (Wildman–Crippen MR) is 498 cm³/mol. The summed E-state index contributed by atoms with van der Waals surface area (Å²) < 4.78 is 21.8. The van der Waals surface area contributed by atoms with Crippen LogP contribution in [-0.4, -0.2) is 164 Å². The number of ether oxygens (including phenoxy) is 4. The molecule has 13 N–H and O–H groups in total. The third kappa shape index (κ3) is 36.0. The average molecular weight is 1920 g/mol. The molecular weight excluding hydrogens is 1830 g/mol. The molecule has 9 aromatic rings. The Bertz CT molecular complexity index is 5910. The van der Waals surface area contributed by atoms with Crippen LogP contribution in [0.5, 0.6) is 0 Å². The number of carbonyl (C=O) groups excluding carboxylic acids is 9. The Labute approximate surface area is 779 Å². The first-order valence-corrected chi connectivity index (χ1v) is 40.9. The number of hydrogen-bond acceptors (Lipinski definition) is 23. The van der Waals surface area contributed by atoms with Gasteiger partial charge in [0.25, 0.3) is 40.9 Å². The van der Waals surface area contributed by atoms with Gasteiger partial charge >= 0.3 is 30.3 Å². The molecule has 3 atom stereocenters. The van der Waals surface area contributed by atoms with Crippen LogP contribution in [0.4, 0.5) is 30.6 Å². The number of non-ortho nitro benzene ring substituents is 2. The van der Waals surface area contributed by atoms with Crippen LogP contribution in [0, 0.1) is 95.8 Å². The molecule has 0 aromatic heterocycles. The summed E-state index contributed by atoms with van der Waals surface area (Å²) in [5, 5.41) is 50.4. The monoisotopic (exact) mass is 1920 g/mol. The number of benzene rings is 9. The SMILES string of the molecule is C#CC#Cc1ccc(C(=O)N[C@@H](CNC(=O)OC(C)(C)C)C(=O)NOC)cc1.C#CC#Cc1ccc(C(=O)O)cc1.CONC(=O)OCC1c2ccccc2-c2ccccc21.CONC(=O)[C@H](CNC(=O)OC(C)(C)C)NC(=O)OCC1c2ccccc2-c2ccccc21.NC[C@H](NC(=O)c1ccc(C#CC#Cc2cccc([N+](=O)[O-])c2)cc1)C(=O)NO.O=[N+]([O-])c1cccc(I)c1. The zero-order valence-electron chi connectivity index (χ0n) is 73.2. The van der Waals surface area contributed by atoms with Crippen LogP contribution in [0.15, 0.2) is 218 Å².